The molecule has 2 aliphatic rings. The largest absolute Gasteiger partial charge is 0.486 e. The highest BCUT2D eigenvalue weighted by atomic mass is 19.1. The average Bonchev–Trinajstić information content (AvgIpc) is 3.76. The number of nitrogens with two attached hydrogens (primary N) is 1. The molecule has 11 nitrogen and oxygen atoms in total. The summed E-state index contributed by atoms with van der Waals surface area (Å²) in [6.07, 6.45) is 1.72. The first-order chi connectivity index (χ1) is 19.5. The van der Waals surface area contributed by atoms with Crippen LogP contribution in [-0.2, 0) is 6.54 Å². The molecule has 0 aliphatic carbocycles. The Kier molecular flexibility index (Phi) is 6.24. The summed E-state index contributed by atoms with van der Waals surface area (Å²) in [6.45, 7) is 5.02. The van der Waals surface area contributed by atoms with Crippen LogP contribution in [0.4, 0.5) is 20.4 Å². The Labute approximate surface area is 228 Å². The van der Waals surface area contributed by atoms with Crippen LogP contribution < -0.4 is 20.7 Å². The first-order valence-electron chi connectivity index (χ1n) is 13.4. The minimum atomic E-state index is -1.09. The standard InChI is InChI=1S/C27H29F2N9O2/c28-19-12-17(40-25-16-31-15-20(25)29)3-4-22(19)36-8-5-35(6-9-36)7-10-37-26-18(14-32-37)23-13-21(24-2-1-11-39-24)34-38(23)27(30)33-26/h1-4,11-14,20,25,31H,5-10,15-16H2,(H2,30,33)/t20-,25-/m1/s1. The number of hydrogen-bond donors (Lipinski definition) is 2. The lowest BCUT2D eigenvalue weighted by Gasteiger charge is -2.36. The van der Waals surface area contributed by atoms with Gasteiger partial charge < -0.3 is 25.1 Å². The molecule has 2 aliphatic heterocycles. The molecule has 0 amide bonds. The van der Waals surface area contributed by atoms with Gasteiger partial charge >= 0.3 is 0 Å². The average molecular weight is 550 g/mol. The molecule has 4 aromatic heterocycles. The summed E-state index contributed by atoms with van der Waals surface area (Å²) in [5.74, 6) is 0.921. The number of fused-ring (bicyclic) bond motifs is 3. The molecule has 208 valence electrons. The number of benzene rings is 1. The Bertz CT molecular complexity index is 1640. The van der Waals surface area contributed by atoms with Gasteiger partial charge in [-0.15, -0.1) is 0 Å². The van der Waals surface area contributed by atoms with Gasteiger partial charge in [0.05, 0.1) is 35.6 Å². The number of aromatic nitrogens is 5. The van der Waals surface area contributed by atoms with Crippen LogP contribution in [0.3, 0.4) is 0 Å². The lowest BCUT2D eigenvalue weighted by Crippen LogP contribution is -2.47. The van der Waals surface area contributed by atoms with E-state index in [1.54, 1.807) is 29.1 Å². The Balaban J connectivity index is 0.990. The number of alkyl halides is 1. The number of nitrogens with zero attached hydrogens (tertiary/aromatic N) is 7. The predicted molar refractivity (Wildman–Crippen MR) is 146 cm³/mol. The first kappa shape index (κ1) is 24.8. The van der Waals surface area contributed by atoms with Gasteiger partial charge in [-0.2, -0.15) is 19.7 Å². The number of nitrogens with one attached hydrogen (secondary N) is 1. The van der Waals surface area contributed by atoms with Crippen LogP contribution in [0.15, 0.2) is 53.3 Å². The van der Waals surface area contributed by atoms with Crippen molar-refractivity contribution < 1.29 is 17.9 Å². The molecular weight excluding hydrogens is 520 g/mol. The van der Waals surface area contributed by atoms with Crippen molar-refractivity contribution in [3.63, 3.8) is 0 Å². The third-order valence-corrected chi connectivity index (χ3v) is 7.64. The molecule has 5 aromatic rings. The second kappa shape index (κ2) is 10.1. The van der Waals surface area contributed by atoms with Crippen molar-refractivity contribution in [3.8, 4) is 17.2 Å². The Morgan fingerprint density at radius 1 is 1.10 bits per heavy atom. The summed E-state index contributed by atoms with van der Waals surface area (Å²) in [4.78, 5) is 8.93. The van der Waals surface area contributed by atoms with Gasteiger partial charge in [-0.1, -0.05) is 0 Å². The summed E-state index contributed by atoms with van der Waals surface area (Å²) in [5.41, 5.74) is 8.96. The maximum Gasteiger partial charge on any atom is 0.223 e. The van der Waals surface area contributed by atoms with E-state index in [4.69, 9.17) is 14.9 Å². The lowest BCUT2D eigenvalue weighted by molar-refractivity contribution is 0.139. The summed E-state index contributed by atoms with van der Waals surface area (Å²) in [7, 11) is 0. The zero-order valence-corrected chi connectivity index (χ0v) is 21.7. The third-order valence-electron chi connectivity index (χ3n) is 7.64. The highest BCUT2D eigenvalue weighted by Gasteiger charge is 2.29. The number of rotatable bonds is 7. The molecule has 1 aromatic carbocycles. The molecule has 0 unspecified atom stereocenters. The highest BCUT2D eigenvalue weighted by molar-refractivity contribution is 5.93. The van der Waals surface area contributed by atoms with E-state index in [2.05, 4.69) is 25.4 Å². The van der Waals surface area contributed by atoms with E-state index in [1.807, 2.05) is 27.8 Å². The van der Waals surface area contributed by atoms with Crippen molar-refractivity contribution in [2.24, 2.45) is 0 Å². The van der Waals surface area contributed by atoms with Gasteiger partial charge in [-0.3, -0.25) is 4.90 Å². The number of anilines is 2. The SMILES string of the molecule is Nc1nc2c(cnn2CCN2CCN(c3ccc(O[C@@H]4CNC[C@H]4F)cc3F)CC2)c2cc(-c3ccco3)nn12. The molecule has 0 radical (unpaired) electrons. The molecule has 3 N–H and O–H groups in total. The van der Waals surface area contributed by atoms with E-state index < -0.39 is 12.3 Å². The maximum atomic E-state index is 14.9. The van der Waals surface area contributed by atoms with Crippen LogP contribution in [0, 0.1) is 5.82 Å². The third kappa shape index (κ3) is 4.50. The summed E-state index contributed by atoms with van der Waals surface area (Å²) >= 11 is 0. The molecular formula is C27H29F2N9O2. The highest BCUT2D eigenvalue weighted by Crippen LogP contribution is 2.28. The van der Waals surface area contributed by atoms with Crippen molar-refractivity contribution in [1.82, 2.24) is 34.6 Å². The fourth-order valence-corrected chi connectivity index (χ4v) is 5.47. The second-order valence-corrected chi connectivity index (χ2v) is 10.2. The zero-order valence-electron chi connectivity index (χ0n) is 21.7. The van der Waals surface area contributed by atoms with Gasteiger partial charge in [0.15, 0.2) is 17.6 Å². The Hall–Kier alpha value is -4.23. The van der Waals surface area contributed by atoms with Gasteiger partial charge in [0.25, 0.3) is 0 Å². The van der Waals surface area contributed by atoms with Crippen molar-refractivity contribution in [2.45, 2.75) is 18.8 Å². The quantitative estimate of drug-likeness (QED) is 0.316. The summed E-state index contributed by atoms with van der Waals surface area (Å²) < 4.78 is 43.3. The van der Waals surface area contributed by atoms with Gasteiger partial charge in [-0.25, -0.2) is 13.5 Å². The minimum absolute atomic E-state index is 0.263. The summed E-state index contributed by atoms with van der Waals surface area (Å²) in [5, 5.41) is 12.9. The zero-order chi connectivity index (χ0) is 27.2. The normalized spacial score (nSPS) is 20.2. The van der Waals surface area contributed by atoms with E-state index in [1.165, 1.54) is 6.07 Å². The number of furan rings is 1. The Morgan fingerprint density at radius 3 is 2.73 bits per heavy atom. The molecule has 0 saturated carbocycles. The summed E-state index contributed by atoms with van der Waals surface area (Å²) in [6, 6.07) is 10.4. The number of ether oxygens (including phenoxy) is 1. The monoisotopic (exact) mass is 549 g/mol. The Morgan fingerprint density at radius 2 is 1.98 bits per heavy atom. The molecule has 6 heterocycles. The first-order valence-corrected chi connectivity index (χ1v) is 13.4. The lowest BCUT2D eigenvalue weighted by atomic mass is 10.2. The topological polar surface area (TPSA) is 115 Å². The smallest absolute Gasteiger partial charge is 0.223 e. The molecule has 2 fully saturated rings. The van der Waals surface area contributed by atoms with Crippen LogP contribution in [-0.4, -0.2) is 87.4 Å². The maximum absolute atomic E-state index is 14.9. The van der Waals surface area contributed by atoms with Crippen molar-refractivity contribution in [1.29, 1.82) is 0 Å². The molecule has 2 atom stereocenters. The van der Waals surface area contributed by atoms with Crippen LogP contribution in [0.5, 0.6) is 5.75 Å². The number of hydrogen-bond acceptors (Lipinski definition) is 9. The molecule has 2 saturated heterocycles. The molecule has 0 spiro atoms. The van der Waals surface area contributed by atoms with Gasteiger partial charge in [0.2, 0.25) is 5.95 Å². The van der Waals surface area contributed by atoms with E-state index >= 15 is 0 Å². The molecule has 0 bridgehead atoms. The minimum Gasteiger partial charge on any atom is -0.486 e. The van der Waals surface area contributed by atoms with Crippen LogP contribution in [0.25, 0.3) is 28.0 Å². The van der Waals surface area contributed by atoms with Gasteiger partial charge in [0.1, 0.15) is 23.4 Å². The van der Waals surface area contributed by atoms with Gasteiger partial charge in [0, 0.05) is 51.9 Å². The molecule has 7 rings (SSSR count). The number of halogens is 2. The van der Waals surface area contributed by atoms with Crippen molar-refractivity contribution in [3.05, 3.63) is 54.7 Å². The van der Waals surface area contributed by atoms with E-state index in [-0.39, 0.29) is 18.3 Å². The number of nitrogen functional groups attached to an aromatic ring is 1. The van der Waals surface area contributed by atoms with Crippen LogP contribution >= 0.6 is 0 Å². The molecule has 40 heavy (non-hydrogen) atoms. The van der Waals surface area contributed by atoms with E-state index in [0.717, 1.165) is 30.5 Å². The van der Waals surface area contributed by atoms with Crippen molar-refractivity contribution in [2.75, 3.05) is 56.4 Å². The molecule has 13 heteroatoms. The number of piperazine rings is 1. The fraction of sp³-hybridized carbons (Fsp3) is 0.370. The van der Waals surface area contributed by atoms with Crippen LogP contribution in [0.2, 0.25) is 0 Å². The van der Waals surface area contributed by atoms with E-state index in [0.29, 0.717) is 54.7 Å². The fourth-order valence-electron chi connectivity index (χ4n) is 5.47. The van der Waals surface area contributed by atoms with E-state index in [9.17, 15) is 8.78 Å². The predicted octanol–water partition coefficient (Wildman–Crippen LogP) is 2.57. The second-order valence-electron chi connectivity index (χ2n) is 10.2. The van der Waals surface area contributed by atoms with Crippen molar-refractivity contribution >= 4 is 28.2 Å². The van der Waals surface area contributed by atoms with Crippen LogP contribution in [0.1, 0.15) is 0 Å². The van der Waals surface area contributed by atoms with Gasteiger partial charge in [-0.05, 0) is 30.3 Å².